The van der Waals surface area contributed by atoms with Crippen LogP contribution in [0.15, 0.2) is 24.3 Å². The molecule has 3 heteroatoms. The van der Waals surface area contributed by atoms with E-state index < -0.39 is 0 Å². The lowest BCUT2D eigenvalue weighted by atomic mass is 10.2. The molecule has 3 nitrogen and oxygen atoms in total. The summed E-state index contributed by atoms with van der Waals surface area (Å²) in [4.78, 5) is 2.25. The third kappa shape index (κ3) is 2.07. The zero-order valence-corrected chi connectivity index (χ0v) is 9.02. The zero-order chi connectivity index (χ0) is 10.7. The molecule has 1 aliphatic rings. The van der Waals surface area contributed by atoms with E-state index in [2.05, 4.69) is 11.0 Å². The molecule has 0 saturated carbocycles. The van der Waals surface area contributed by atoms with Crippen molar-refractivity contribution in [2.45, 2.75) is 18.9 Å². The van der Waals surface area contributed by atoms with E-state index in [0.29, 0.717) is 0 Å². The van der Waals surface area contributed by atoms with Crippen LogP contribution in [0, 0.1) is 0 Å². The quantitative estimate of drug-likeness (QED) is 0.818. The van der Waals surface area contributed by atoms with E-state index in [1.165, 1.54) is 0 Å². The van der Waals surface area contributed by atoms with Crippen molar-refractivity contribution in [1.29, 1.82) is 0 Å². The molecule has 15 heavy (non-hydrogen) atoms. The van der Waals surface area contributed by atoms with Crippen molar-refractivity contribution in [3.63, 3.8) is 0 Å². The summed E-state index contributed by atoms with van der Waals surface area (Å²) in [6.07, 6.45) is 2.23. The van der Waals surface area contributed by atoms with Gasteiger partial charge < -0.3 is 14.7 Å². The summed E-state index contributed by atoms with van der Waals surface area (Å²) in [5.74, 6) is 0.871. The lowest BCUT2D eigenvalue weighted by molar-refractivity contribution is 0.266. The number of aliphatic hydroxyl groups excluding tert-OH is 1. The van der Waals surface area contributed by atoms with E-state index >= 15 is 0 Å². The van der Waals surface area contributed by atoms with Crippen LogP contribution in [0.4, 0.5) is 5.69 Å². The molecule has 0 amide bonds. The number of hydrogen-bond donors (Lipinski definition) is 1. The normalized spacial score (nSPS) is 20.7. The van der Waals surface area contributed by atoms with E-state index in [4.69, 9.17) is 4.74 Å². The summed E-state index contributed by atoms with van der Waals surface area (Å²) in [6.45, 7) is 1.26. The maximum Gasteiger partial charge on any atom is 0.120 e. The van der Waals surface area contributed by atoms with Crippen molar-refractivity contribution in [2.24, 2.45) is 0 Å². The second-order valence-electron chi connectivity index (χ2n) is 3.87. The van der Waals surface area contributed by atoms with Crippen LogP contribution in [0.2, 0.25) is 0 Å². The predicted octanol–water partition coefficient (Wildman–Crippen LogP) is 1.66. The highest BCUT2D eigenvalue weighted by atomic mass is 16.5. The first-order valence-corrected chi connectivity index (χ1v) is 5.36. The van der Waals surface area contributed by atoms with E-state index in [1.54, 1.807) is 7.11 Å². The number of rotatable bonds is 3. The molecule has 1 N–H and O–H groups in total. The molecule has 1 aliphatic heterocycles. The largest absolute Gasteiger partial charge is 0.497 e. The lowest BCUT2D eigenvalue weighted by Gasteiger charge is -2.25. The summed E-state index contributed by atoms with van der Waals surface area (Å²) in [5, 5.41) is 9.25. The van der Waals surface area contributed by atoms with E-state index in [-0.39, 0.29) is 12.6 Å². The minimum absolute atomic E-state index is 0.233. The summed E-state index contributed by atoms with van der Waals surface area (Å²) >= 11 is 0. The van der Waals surface area contributed by atoms with E-state index in [9.17, 15) is 5.11 Å². The first-order chi connectivity index (χ1) is 7.35. The number of aliphatic hydroxyl groups is 1. The molecular formula is C12H17NO2. The van der Waals surface area contributed by atoms with Gasteiger partial charge in [0.2, 0.25) is 0 Å². The third-order valence-corrected chi connectivity index (χ3v) is 2.97. The summed E-state index contributed by atoms with van der Waals surface area (Å²) in [6, 6.07) is 8.29. The second-order valence-corrected chi connectivity index (χ2v) is 3.87. The van der Waals surface area contributed by atoms with Crippen molar-refractivity contribution in [3.05, 3.63) is 24.3 Å². The van der Waals surface area contributed by atoms with Crippen LogP contribution in [0.3, 0.4) is 0 Å². The number of anilines is 1. The summed E-state index contributed by atoms with van der Waals surface area (Å²) in [7, 11) is 1.67. The van der Waals surface area contributed by atoms with Crippen LogP contribution in [0.5, 0.6) is 5.75 Å². The Bertz CT molecular complexity index is 327. The van der Waals surface area contributed by atoms with Gasteiger partial charge in [-0.25, -0.2) is 0 Å². The van der Waals surface area contributed by atoms with Crippen LogP contribution in [-0.2, 0) is 0 Å². The van der Waals surface area contributed by atoms with Gasteiger partial charge in [-0.05, 0) is 25.0 Å². The number of nitrogens with zero attached hydrogens (tertiary/aromatic N) is 1. The molecule has 1 aromatic carbocycles. The number of benzene rings is 1. The molecular weight excluding hydrogens is 190 g/mol. The average molecular weight is 207 g/mol. The first-order valence-electron chi connectivity index (χ1n) is 5.36. The molecule has 1 heterocycles. The Morgan fingerprint density at radius 1 is 1.53 bits per heavy atom. The molecule has 0 spiro atoms. The Hall–Kier alpha value is -1.22. The van der Waals surface area contributed by atoms with Gasteiger partial charge in [0, 0.05) is 18.3 Å². The summed E-state index contributed by atoms with van der Waals surface area (Å²) < 4.78 is 5.19. The molecule has 2 rings (SSSR count). The van der Waals surface area contributed by atoms with Crippen LogP contribution in [0.25, 0.3) is 0 Å². The highest BCUT2D eigenvalue weighted by molar-refractivity contribution is 5.52. The molecule has 1 fully saturated rings. The van der Waals surface area contributed by atoms with Crippen molar-refractivity contribution in [3.8, 4) is 5.75 Å². The molecule has 0 aromatic heterocycles. The molecule has 1 saturated heterocycles. The van der Waals surface area contributed by atoms with Gasteiger partial charge in [0.25, 0.3) is 0 Å². The van der Waals surface area contributed by atoms with Crippen LogP contribution in [0.1, 0.15) is 12.8 Å². The topological polar surface area (TPSA) is 32.7 Å². The predicted molar refractivity (Wildman–Crippen MR) is 60.4 cm³/mol. The van der Waals surface area contributed by atoms with Gasteiger partial charge in [-0.2, -0.15) is 0 Å². The Morgan fingerprint density at radius 3 is 3.13 bits per heavy atom. The van der Waals surface area contributed by atoms with Gasteiger partial charge in [0.15, 0.2) is 0 Å². The highest BCUT2D eigenvalue weighted by Crippen LogP contribution is 2.27. The Labute approximate surface area is 90.3 Å². The zero-order valence-electron chi connectivity index (χ0n) is 9.02. The van der Waals surface area contributed by atoms with Crippen LogP contribution < -0.4 is 9.64 Å². The average Bonchev–Trinajstić information content (AvgIpc) is 2.77. The first kappa shape index (κ1) is 10.3. The van der Waals surface area contributed by atoms with Gasteiger partial charge in [0.1, 0.15) is 5.75 Å². The van der Waals surface area contributed by atoms with Crippen molar-refractivity contribution in [2.75, 3.05) is 25.2 Å². The number of hydrogen-bond acceptors (Lipinski definition) is 3. The smallest absolute Gasteiger partial charge is 0.120 e. The van der Waals surface area contributed by atoms with Crippen LogP contribution >= 0.6 is 0 Å². The fourth-order valence-electron chi connectivity index (χ4n) is 2.15. The van der Waals surface area contributed by atoms with Crippen molar-refractivity contribution < 1.29 is 9.84 Å². The van der Waals surface area contributed by atoms with Crippen LogP contribution in [-0.4, -0.2) is 31.4 Å². The van der Waals surface area contributed by atoms with Gasteiger partial charge >= 0.3 is 0 Å². The Morgan fingerprint density at radius 2 is 2.40 bits per heavy atom. The van der Waals surface area contributed by atoms with Gasteiger partial charge in [0.05, 0.1) is 19.8 Å². The highest BCUT2D eigenvalue weighted by Gasteiger charge is 2.23. The molecule has 0 radical (unpaired) electrons. The lowest BCUT2D eigenvalue weighted by Crippen LogP contribution is -2.31. The maximum absolute atomic E-state index is 9.25. The summed E-state index contributed by atoms with van der Waals surface area (Å²) in [5.41, 5.74) is 1.14. The van der Waals surface area contributed by atoms with E-state index in [0.717, 1.165) is 30.8 Å². The standard InChI is InChI=1S/C12H17NO2/c1-15-12-6-2-4-10(8-12)13-7-3-5-11(13)9-14/h2,4,6,8,11,14H,3,5,7,9H2,1H3/t11-/m0/s1. The molecule has 0 aliphatic carbocycles. The second kappa shape index (κ2) is 4.53. The fourth-order valence-corrected chi connectivity index (χ4v) is 2.15. The van der Waals surface area contributed by atoms with E-state index in [1.807, 2.05) is 18.2 Å². The monoisotopic (exact) mass is 207 g/mol. The molecule has 1 atom stereocenters. The Balaban J connectivity index is 2.20. The molecule has 0 bridgehead atoms. The van der Waals surface area contributed by atoms with Gasteiger partial charge in [-0.15, -0.1) is 0 Å². The minimum Gasteiger partial charge on any atom is -0.497 e. The molecule has 1 aromatic rings. The van der Waals surface area contributed by atoms with Gasteiger partial charge in [-0.3, -0.25) is 0 Å². The van der Waals surface area contributed by atoms with Crippen molar-refractivity contribution >= 4 is 5.69 Å². The Kier molecular flexibility index (Phi) is 3.11. The fraction of sp³-hybridized carbons (Fsp3) is 0.500. The number of ether oxygens (including phenoxy) is 1. The third-order valence-electron chi connectivity index (χ3n) is 2.97. The van der Waals surface area contributed by atoms with Crippen molar-refractivity contribution in [1.82, 2.24) is 0 Å². The maximum atomic E-state index is 9.25. The minimum atomic E-state index is 0.233. The SMILES string of the molecule is COc1cccc(N2CCC[C@H]2CO)c1. The molecule has 0 unspecified atom stereocenters. The van der Waals surface area contributed by atoms with Gasteiger partial charge in [-0.1, -0.05) is 6.07 Å². The number of methoxy groups -OCH3 is 1. The molecule has 82 valence electrons.